The van der Waals surface area contributed by atoms with Crippen LogP contribution in [0.3, 0.4) is 0 Å². The Morgan fingerprint density at radius 1 is 1.23 bits per heavy atom. The molecular formula is C18H30N3O4S+. The highest BCUT2D eigenvalue weighted by Crippen LogP contribution is 2.19. The molecule has 1 aromatic rings. The number of nitrogens with one attached hydrogen (secondary N) is 2. The van der Waals surface area contributed by atoms with Crippen LogP contribution in [0.1, 0.15) is 27.7 Å². The van der Waals surface area contributed by atoms with Gasteiger partial charge in [-0.25, -0.2) is 8.42 Å². The van der Waals surface area contributed by atoms with E-state index in [-0.39, 0.29) is 23.0 Å². The lowest BCUT2D eigenvalue weighted by Gasteiger charge is -2.31. The van der Waals surface area contributed by atoms with E-state index >= 15 is 0 Å². The zero-order chi connectivity index (χ0) is 19.3. The highest BCUT2D eigenvalue weighted by atomic mass is 32.2. The van der Waals surface area contributed by atoms with E-state index in [4.69, 9.17) is 4.74 Å². The molecule has 0 bridgehead atoms. The van der Waals surface area contributed by atoms with E-state index in [0.717, 1.165) is 13.1 Å². The number of carbonyl (C=O) groups excluding carboxylic acids is 1. The monoisotopic (exact) mass is 384 g/mol. The minimum Gasteiger partial charge on any atom is -0.364 e. The van der Waals surface area contributed by atoms with Crippen LogP contribution < -0.4 is 10.2 Å². The fraction of sp³-hybridized carbons (Fsp3) is 0.611. The van der Waals surface area contributed by atoms with Crippen molar-refractivity contribution in [1.29, 1.82) is 0 Å². The van der Waals surface area contributed by atoms with Gasteiger partial charge in [0.2, 0.25) is 10.0 Å². The van der Waals surface area contributed by atoms with Gasteiger partial charge >= 0.3 is 0 Å². The minimum atomic E-state index is -3.54. The van der Waals surface area contributed by atoms with Gasteiger partial charge in [0.05, 0.1) is 4.90 Å². The molecule has 1 fully saturated rings. The molecule has 0 unspecified atom stereocenters. The quantitative estimate of drug-likeness (QED) is 0.711. The number of carbonyl (C=O) groups is 1. The Balaban J connectivity index is 2.05. The number of morpholine rings is 1. The van der Waals surface area contributed by atoms with Crippen LogP contribution in [0, 0.1) is 0 Å². The van der Waals surface area contributed by atoms with E-state index in [0.29, 0.717) is 25.3 Å². The Hall–Kier alpha value is -1.48. The average Bonchev–Trinajstić information content (AvgIpc) is 2.54. The topological polar surface area (TPSA) is 80.2 Å². The lowest BCUT2D eigenvalue weighted by Crippen LogP contribution is -3.16. The summed E-state index contributed by atoms with van der Waals surface area (Å²) in [5.74, 6) is -0.126. The van der Waals surface area contributed by atoms with Gasteiger partial charge in [-0.1, -0.05) is 19.9 Å². The van der Waals surface area contributed by atoms with Gasteiger partial charge < -0.3 is 15.0 Å². The molecule has 1 aliphatic rings. The number of amides is 1. The second-order valence-electron chi connectivity index (χ2n) is 6.76. The zero-order valence-electron chi connectivity index (χ0n) is 16.0. The van der Waals surface area contributed by atoms with Gasteiger partial charge in [-0.05, 0) is 32.0 Å². The maximum atomic E-state index is 12.6. The molecule has 8 heteroatoms. The van der Waals surface area contributed by atoms with Crippen molar-refractivity contribution in [2.45, 2.75) is 44.8 Å². The third-order valence-electron chi connectivity index (χ3n) is 4.49. The number of quaternary nitrogens is 1. The first-order chi connectivity index (χ1) is 12.3. The van der Waals surface area contributed by atoms with Crippen LogP contribution >= 0.6 is 0 Å². The summed E-state index contributed by atoms with van der Waals surface area (Å²) in [6, 6.07) is 6.43. The Kier molecular flexibility index (Phi) is 7.16. The average molecular weight is 385 g/mol. The molecule has 2 N–H and O–H groups in total. The van der Waals surface area contributed by atoms with Crippen LogP contribution in [-0.2, 0) is 19.6 Å². The van der Waals surface area contributed by atoms with Crippen molar-refractivity contribution >= 4 is 21.6 Å². The molecule has 0 aromatic heterocycles. The van der Waals surface area contributed by atoms with Crippen LogP contribution in [0.5, 0.6) is 0 Å². The molecule has 2 atom stereocenters. The predicted octanol–water partition coefficient (Wildman–Crippen LogP) is 0.348. The van der Waals surface area contributed by atoms with Crippen LogP contribution in [0.4, 0.5) is 5.69 Å². The van der Waals surface area contributed by atoms with Crippen LogP contribution in [0.2, 0.25) is 0 Å². The fourth-order valence-corrected chi connectivity index (χ4v) is 4.92. The number of benzene rings is 1. The van der Waals surface area contributed by atoms with E-state index in [2.05, 4.69) is 5.32 Å². The van der Waals surface area contributed by atoms with Crippen LogP contribution in [0.25, 0.3) is 0 Å². The summed E-state index contributed by atoms with van der Waals surface area (Å²) < 4.78 is 32.3. The van der Waals surface area contributed by atoms with Crippen molar-refractivity contribution in [2.24, 2.45) is 0 Å². The van der Waals surface area contributed by atoms with Crippen molar-refractivity contribution in [2.75, 3.05) is 38.0 Å². The number of nitrogens with zero attached hydrogens (tertiary/aromatic N) is 1. The van der Waals surface area contributed by atoms with Crippen molar-refractivity contribution < 1.29 is 22.8 Å². The summed E-state index contributed by atoms with van der Waals surface area (Å²) >= 11 is 0. The predicted molar refractivity (Wildman–Crippen MR) is 101 cm³/mol. The van der Waals surface area contributed by atoms with E-state index < -0.39 is 10.0 Å². The lowest BCUT2D eigenvalue weighted by molar-refractivity contribution is -0.907. The molecular weight excluding hydrogens is 354 g/mol. The summed E-state index contributed by atoms with van der Waals surface area (Å²) in [7, 11) is -3.54. The number of anilines is 1. The Morgan fingerprint density at radius 2 is 1.85 bits per heavy atom. The van der Waals surface area contributed by atoms with E-state index in [1.807, 2.05) is 13.8 Å². The fourth-order valence-electron chi connectivity index (χ4n) is 3.41. The first kappa shape index (κ1) is 20.8. The van der Waals surface area contributed by atoms with Crippen molar-refractivity contribution in [1.82, 2.24) is 4.31 Å². The van der Waals surface area contributed by atoms with Crippen LogP contribution in [-0.4, -0.2) is 63.6 Å². The Morgan fingerprint density at radius 3 is 2.42 bits per heavy atom. The Labute approximate surface area is 156 Å². The summed E-state index contributed by atoms with van der Waals surface area (Å²) in [5.41, 5.74) is 0.497. The summed E-state index contributed by atoms with van der Waals surface area (Å²) in [5, 5.41) is 2.82. The molecule has 0 saturated carbocycles. The van der Waals surface area contributed by atoms with E-state index in [9.17, 15) is 13.2 Å². The summed E-state index contributed by atoms with van der Waals surface area (Å²) in [4.78, 5) is 13.7. The van der Waals surface area contributed by atoms with Gasteiger partial charge in [0.1, 0.15) is 25.3 Å². The number of ether oxygens (including phenoxy) is 1. The van der Waals surface area contributed by atoms with Crippen molar-refractivity contribution in [3.63, 3.8) is 0 Å². The second-order valence-corrected chi connectivity index (χ2v) is 8.70. The highest BCUT2D eigenvalue weighted by molar-refractivity contribution is 7.89. The molecule has 1 amide bonds. The van der Waals surface area contributed by atoms with Gasteiger partial charge in [0.25, 0.3) is 5.91 Å². The van der Waals surface area contributed by atoms with Gasteiger partial charge in [0, 0.05) is 18.8 Å². The molecule has 26 heavy (non-hydrogen) atoms. The summed E-state index contributed by atoms with van der Waals surface area (Å²) in [6.45, 7) is 10.4. The molecule has 1 aromatic carbocycles. The number of sulfonamides is 1. The lowest BCUT2D eigenvalue weighted by atomic mass is 10.2. The summed E-state index contributed by atoms with van der Waals surface area (Å²) in [6.07, 6.45) is 0.258. The third-order valence-corrected chi connectivity index (χ3v) is 6.53. The van der Waals surface area contributed by atoms with E-state index in [1.165, 1.54) is 15.3 Å². The van der Waals surface area contributed by atoms with Gasteiger partial charge in [-0.3, -0.25) is 4.79 Å². The number of rotatable bonds is 7. The molecule has 0 aliphatic carbocycles. The van der Waals surface area contributed by atoms with Gasteiger partial charge in [-0.15, -0.1) is 0 Å². The molecule has 146 valence electrons. The smallest absolute Gasteiger partial charge is 0.279 e. The van der Waals surface area contributed by atoms with Crippen LogP contribution in [0.15, 0.2) is 29.2 Å². The van der Waals surface area contributed by atoms with E-state index in [1.54, 1.807) is 32.0 Å². The molecule has 0 spiro atoms. The van der Waals surface area contributed by atoms with Crippen molar-refractivity contribution in [3.05, 3.63) is 24.3 Å². The van der Waals surface area contributed by atoms with Gasteiger partial charge in [0.15, 0.2) is 6.54 Å². The maximum Gasteiger partial charge on any atom is 0.279 e. The number of hydrogen-bond donors (Lipinski definition) is 2. The number of hydrogen-bond acceptors (Lipinski definition) is 4. The molecule has 1 aliphatic heterocycles. The SMILES string of the molecule is CCN(CC)S(=O)(=O)c1cccc(NC(=O)C[NH+]2C[C@@H](C)O[C@H](C)C2)c1. The van der Waals surface area contributed by atoms with Crippen molar-refractivity contribution in [3.8, 4) is 0 Å². The molecule has 1 heterocycles. The third kappa shape index (κ3) is 5.26. The largest absolute Gasteiger partial charge is 0.364 e. The normalized spacial score (nSPS) is 23.8. The molecule has 2 rings (SSSR count). The zero-order valence-corrected chi connectivity index (χ0v) is 16.8. The highest BCUT2D eigenvalue weighted by Gasteiger charge is 2.27. The van der Waals surface area contributed by atoms with Gasteiger partial charge in [-0.2, -0.15) is 4.31 Å². The molecule has 7 nitrogen and oxygen atoms in total. The first-order valence-electron chi connectivity index (χ1n) is 9.15. The maximum absolute atomic E-state index is 12.6. The minimum absolute atomic E-state index is 0.126. The standard InChI is InChI=1S/C18H29N3O4S/c1-5-21(6-2)26(23,24)17-9-7-8-16(10-17)19-18(22)13-20-11-14(3)25-15(4)12-20/h7-10,14-15H,5-6,11-13H2,1-4H3,(H,19,22)/p+1/t14-,15-/m1/s1. The Bertz CT molecular complexity index is 709. The molecule has 0 radical (unpaired) electrons. The first-order valence-corrected chi connectivity index (χ1v) is 10.6. The molecule has 1 saturated heterocycles. The second kappa shape index (κ2) is 8.94.